The number of rotatable bonds is 2. The molecule has 0 aliphatic carbocycles. The zero-order valence-corrected chi connectivity index (χ0v) is 13.6. The van der Waals surface area contributed by atoms with Gasteiger partial charge in [0.1, 0.15) is 11.9 Å². The molecule has 2 aliphatic heterocycles. The van der Waals surface area contributed by atoms with Crippen molar-refractivity contribution in [2.45, 2.75) is 56.5 Å². The van der Waals surface area contributed by atoms with Crippen molar-refractivity contribution >= 4 is 5.97 Å². The molecule has 2 saturated heterocycles. The van der Waals surface area contributed by atoms with Crippen molar-refractivity contribution in [3.05, 3.63) is 29.8 Å². The molecule has 7 heteroatoms. The molecule has 2 unspecified atom stereocenters. The van der Waals surface area contributed by atoms with Crippen molar-refractivity contribution in [3.8, 4) is 18.1 Å². The fourth-order valence-corrected chi connectivity index (χ4v) is 3.16. The third kappa shape index (κ3) is 5.98. The van der Waals surface area contributed by atoms with Crippen molar-refractivity contribution in [1.82, 2.24) is 5.32 Å². The number of nitrogens with one attached hydrogen (secondary N) is 1. The Bertz CT molecular complexity index is 627. The lowest BCUT2D eigenvalue weighted by Gasteiger charge is -2.40. The highest BCUT2D eigenvalue weighted by atomic mass is 19.4. The number of benzene rings is 1. The van der Waals surface area contributed by atoms with Crippen LogP contribution in [0.2, 0.25) is 0 Å². The van der Waals surface area contributed by atoms with Gasteiger partial charge in [0.25, 0.3) is 0 Å². The van der Waals surface area contributed by atoms with Crippen LogP contribution in [-0.4, -0.2) is 35.4 Å². The van der Waals surface area contributed by atoms with E-state index in [1.807, 2.05) is 24.3 Å². The number of carboxylic acid groups (broad SMARTS) is 1. The van der Waals surface area contributed by atoms with Crippen molar-refractivity contribution in [2.24, 2.45) is 0 Å². The highest BCUT2D eigenvalue weighted by molar-refractivity contribution is 5.73. The molecule has 0 amide bonds. The highest BCUT2D eigenvalue weighted by Crippen LogP contribution is 2.28. The Morgan fingerprint density at radius 3 is 2.40 bits per heavy atom. The van der Waals surface area contributed by atoms with E-state index >= 15 is 0 Å². The van der Waals surface area contributed by atoms with Gasteiger partial charge < -0.3 is 15.2 Å². The maximum atomic E-state index is 10.6. The Morgan fingerprint density at radius 2 is 1.88 bits per heavy atom. The first-order valence-corrected chi connectivity index (χ1v) is 8.07. The standard InChI is InChI=1S/C16H19NO.C2HF3O2/c1-2-12-5-3-8-15(9-12)18-16-10-13-6-4-7-14(11-16)17-13;3-2(4,5)1(6)7/h1,3,5,8-9,13-14,16-17H,4,6-7,10-11H2;(H,6,7). The summed E-state index contributed by atoms with van der Waals surface area (Å²) >= 11 is 0. The number of hydrogen-bond donors (Lipinski definition) is 2. The molecule has 0 saturated carbocycles. The van der Waals surface area contributed by atoms with Crippen LogP contribution in [0.5, 0.6) is 5.75 Å². The van der Waals surface area contributed by atoms with Crippen LogP contribution in [0.4, 0.5) is 13.2 Å². The van der Waals surface area contributed by atoms with Crippen LogP contribution in [0.1, 0.15) is 37.7 Å². The number of aliphatic carboxylic acids is 1. The fourth-order valence-electron chi connectivity index (χ4n) is 3.16. The van der Waals surface area contributed by atoms with Crippen LogP contribution in [0.15, 0.2) is 24.3 Å². The van der Waals surface area contributed by atoms with Crippen LogP contribution in [-0.2, 0) is 4.79 Å². The Balaban J connectivity index is 0.000000277. The number of carboxylic acids is 1. The fraction of sp³-hybridized carbons (Fsp3) is 0.500. The summed E-state index contributed by atoms with van der Waals surface area (Å²) in [6.45, 7) is 0. The number of carbonyl (C=O) groups is 1. The largest absolute Gasteiger partial charge is 0.490 e. The second-order valence-electron chi connectivity index (χ2n) is 6.18. The minimum absolute atomic E-state index is 0.342. The average molecular weight is 355 g/mol. The molecule has 4 nitrogen and oxygen atoms in total. The first-order valence-electron chi connectivity index (χ1n) is 8.07. The third-order valence-electron chi connectivity index (χ3n) is 4.22. The number of terminal acetylenes is 1. The molecule has 2 N–H and O–H groups in total. The summed E-state index contributed by atoms with van der Waals surface area (Å²) in [4.78, 5) is 8.90. The van der Waals surface area contributed by atoms with Crippen LogP contribution in [0.25, 0.3) is 0 Å². The smallest absolute Gasteiger partial charge is 0.490 e. The normalized spacial score (nSPS) is 25.1. The predicted octanol–water partition coefficient (Wildman–Crippen LogP) is 3.35. The van der Waals surface area contributed by atoms with Gasteiger partial charge >= 0.3 is 12.1 Å². The van der Waals surface area contributed by atoms with Gasteiger partial charge in [-0.2, -0.15) is 13.2 Å². The van der Waals surface area contributed by atoms with Crippen LogP contribution in [0.3, 0.4) is 0 Å². The number of ether oxygens (including phenoxy) is 1. The lowest BCUT2D eigenvalue weighted by atomic mass is 9.85. The van der Waals surface area contributed by atoms with E-state index in [9.17, 15) is 13.2 Å². The second kappa shape index (κ2) is 8.26. The monoisotopic (exact) mass is 355 g/mol. The molecule has 2 atom stereocenters. The lowest BCUT2D eigenvalue weighted by Crippen LogP contribution is -2.51. The minimum atomic E-state index is -5.08. The molecule has 3 rings (SSSR count). The highest BCUT2D eigenvalue weighted by Gasteiger charge is 2.38. The molecule has 2 aliphatic rings. The van der Waals surface area contributed by atoms with E-state index in [0.29, 0.717) is 18.2 Å². The molecule has 2 fully saturated rings. The minimum Gasteiger partial charge on any atom is -0.490 e. The molecule has 136 valence electrons. The molecule has 2 heterocycles. The zero-order valence-electron chi connectivity index (χ0n) is 13.6. The summed E-state index contributed by atoms with van der Waals surface area (Å²) in [7, 11) is 0. The van der Waals surface area contributed by atoms with Crippen molar-refractivity contribution in [2.75, 3.05) is 0 Å². The molecule has 0 radical (unpaired) electrons. The van der Waals surface area contributed by atoms with Gasteiger partial charge in [-0.15, -0.1) is 6.42 Å². The molecule has 25 heavy (non-hydrogen) atoms. The van der Waals surface area contributed by atoms with E-state index in [0.717, 1.165) is 24.2 Å². The maximum absolute atomic E-state index is 10.6. The first kappa shape index (κ1) is 19.1. The average Bonchev–Trinajstić information content (AvgIpc) is 2.54. The molecule has 1 aromatic rings. The molecule has 0 aromatic heterocycles. The van der Waals surface area contributed by atoms with Gasteiger partial charge in [0.05, 0.1) is 0 Å². The topological polar surface area (TPSA) is 58.6 Å². The van der Waals surface area contributed by atoms with Crippen molar-refractivity contribution < 1.29 is 27.8 Å². The number of halogens is 3. The molecular weight excluding hydrogens is 335 g/mol. The van der Waals surface area contributed by atoms with Crippen molar-refractivity contribution in [1.29, 1.82) is 0 Å². The van der Waals surface area contributed by atoms with Gasteiger partial charge in [0, 0.05) is 17.6 Å². The Labute approximate surface area is 144 Å². The van der Waals surface area contributed by atoms with Gasteiger partial charge in [0.2, 0.25) is 0 Å². The van der Waals surface area contributed by atoms with Crippen LogP contribution in [0, 0.1) is 12.3 Å². The SMILES string of the molecule is C#Cc1cccc(OC2CC3CCCC(C2)N3)c1.O=C(O)C(F)(F)F. The Hall–Kier alpha value is -2.20. The van der Waals surface area contributed by atoms with Crippen LogP contribution < -0.4 is 10.1 Å². The van der Waals surface area contributed by atoms with Crippen LogP contribution >= 0.6 is 0 Å². The third-order valence-corrected chi connectivity index (χ3v) is 4.22. The number of alkyl halides is 3. The van der Waals surface area contributed by atoms with E-state index < -0.39 is 12.1 Å². The van der Waals surface area contributed by atoms with Gasteiger partial charge in [-0.05, 0) is 43.9 Å². The summed E-state index contributed by atoms with van der Waals surface area (Å²) in [5, 5.41) is 10.8. The summed E-state index contributed by atoms with van der Waals surface area (Å²) in [5.74, 6) is 0.808. The summed E-state index contributed by atoms with van der Waals surface area (Å²) in [6.07, 6.45) is 6.86. The van der Waals surface area contributed by atoms with Gasteiger partial charge in [-0.25, -0.2) is 4.79 Å². The summed E-state index contributed by atoms with van der Waals surface area (Å²) in [6, 6.07) is 9.16. The van der Waals surface area contributed by atoms with Gasteiger partial charge in [-0.3, -0.25) is 0 Å². The van der Waals surface area contributed by atoms with E-state index in [4.69, 9.17) is 21.1 Å². The maximum Gasteiger partial charge on any atom is 0.490 e. The molecule has 1 aromatic carbocycles. The Kier molecular flexibility index (Phi) is 6.32. The quantitative estimate of drug-likeness (QED) is 0.799. The van der Waals surface area contributed by atoms with Gasteiger partial charge in [-0.1, -0.05) is 18.4 Å². The van der Waals surface area contributed by atoms with E-state index in [1.54, 1.807) is 0 Å². The molecular formula is C18H20F3NO3. The predicted molar refractivity (Wildman–Crippen MR) is 86.3 cm³/mol. The van der Waals surface area contributed by atoms with E-state index in [-0.39, 0.29) is 0 Å². The second-order valence-corrected chi connectivity index (χ2v) is 6.18. The summed E-state index contributed by atoms with van der Waals surface area (Å²) < 4.78 is 37.8. The number of piperidine rings is 2. The lowest BCUT2D eigenvalue weighted by molar-refractivity contribution is -0.192. The molecule has 2 bridgehead atoms. The van der Waals surface area contributed by atoms with Crippen molar-refractivity contribution in [3.63, 3.8) is 0 Å². The summed E-state index contributed by atoms with van der Waals surface area (Å²) in [5.41, 5.74) is 0.890. The molecule has 0 spiro atoms. The zero-order chi connectivity index (χ0) is 18.4. The van der Waals surface area contributed by atoms with Gasteiger partial charge in [0.15, 0.2) is 0 Å². The number of fused-ring (bicyclic) bond motifs is 2. The number of hydrogen-bond acceptors (Lipinski definition) is 3. The Morgan fingerprint density at radius 1 is 1.28 bits per heavy atom. The van der Waals surface area contributed by atoms with E-state index in [2.05, 4.69) is 11.2 Å². The van der Waals surface area contributed by atoms with E-state index in [1.165, 1.54) is 19.3 Å². The first-order chi connectivity index (χ1) is 11.8.